The Hall–Kier alpha value is -1.64. The predicted molar refractivity (Wildman–Crippen MR) is 155 cm³/mol. The van der Waals surface area contributed by atoms with Crippen LogP contribution in [0.15, 0.2) is 48.5 Å². The van der Waals surface area contributed by atoms with E-state index >= 15 is 0 Å². The van der Waals surface area contributed by atoms with E-state index in [1.54, 1.807) is 0 Å². The third-order valence-corrected chi connectivity index (χ3v) is 7.36. The van der Waals surface area contributed by atoms with Crippen molar-refractivity contribution in [2.45, 2.75) is 129 Å². The maximum absolute atomic E-state index is 6.51. The van der Waals surface area contributed by atoms with Gasteiger partial charge in [-0.2, -0.15) is 0 Å². The zero-order valence-electron chi connectivity index (χ0n) is 24.7. The number of hydrogen-bond acceptors (Lipinski definition) is 2. The number of nitrogens with two attached hydrogens (primary N) is 2. The lowest BCUT2D eigenvalue weighted by Crippen LogP contribution is -2.40. The Morgan fingerprint density at radius 1 is 0.600 bits per heavy atom. The highest BCUT2D eigenvalue weighted by Gasteiger charge is 2.34. The topological polar surface area (TPSA) is 52.0 Å². The summed E-state index contributed by atoms with van der Waals surface area (Å²) < 4.78 is 0. The van der Waals surface area contributed by atoms with Crippen molar-refractivity contribution >= 4 is 0 Å². The molecule has 0 aliphatic heterocycles. The van der Waals surface area contributed by atoms with Crippen LogP contribution in [0.5, 0.6) is 0 Å². The largest absolute Gasteiger partial charge is 0.326 e. The molecule has 196 valence electrons. The quantitative estimate of drug-likeness (QED) is 0.343. The summed E-state index contributed by atoms with van der Waals surface area (Å²) in [6.45, 7) is 25.1. The summed E-state index contributed by atoms with van der Waals surface area (Å²) in [6, 6.07) is 18.2. The van der Waals surface area contributed by atoms with E-state index in [-0.39, 0.29) is 27.3 Å². The third-order valence-electron chi connectivity index (χ3n) is 7.36. The summed E-state index contributed by atoms with van der Waals surface area (Å²) in [5.41, 5.74) is 18.2. The van der Waals surface area contributed by atoms with E-state index in [1.807, 2.05) is 0 Å². The molecule has 0 saturated carbocycles. The first-order valence-corrected chi connectivity index (χ1v) is 13.5. The van der Waals surface area contributed by atoms with Crippen LogP contribution in [-0.2, 0) is 22.7 Å². The second-order valence-electron chi connectivity index (χ2n) is 14.8. The number of benzene rings is 2. The molecule has 0 aromatic heterocycles. The summed E-state index contributed by atoms with van der Waals surface area (Å²) in [4.78, 5) is 0. The Morgan fingerprint density at radius 3 is 1.34 bits per heavy atom. The fourth-order valence-corrected chi connectivity index (χ4v) is 6.36. The Morgan fingerprint density at radius 2 is 0.971 bits per heavy atom. The third kappa shape index (κ3) is 9.07. The van der Waals surface area contributed by atoms with Crippen molar-refractivity contribution in [3.8, 4) is 0 Å². The zero-order chi connectivity index (χ0) is 26.9. The van der Waals surface area contributed by atoms with Gasteiger partial charge in [-0.05, 0) is 97.8 Å². The highest BCUT2D eigenvalue weighted by atomic mass is 14.7. The molecule has 0 heterocycles. The second kappa shape index (κ2) is 10.4. The Bertz CT molecular complexity index is 907. The molecular formula is C33H54N2. The minimum atomic E-state index is -0.228. The molecule has 0 radical (unpaired) electrons. The van der Waals surface area contributed by atoms with Gasteiger partial charge in [0.25, 0.3) is 0 Å². The smallest absolute Gasteiger partial charge is 0.0105 e. The summed E-state index contributed by atoms with van der Waals surface area (Å²) >= 11 is 0. The van der Waals surface area contributed by atoms with E-state index in [4.69, 9.17) is 11.5 Å². The maximum Gasteiger partial charge on any atom is 0.0105 e. The molecule has 1 unspecified atom stereocenters. The molecule has 0 aliphatic rings. The fourth-order valence-electron chi connectivity index (χ4n) is 6.36. The van der Waals surface area contributed by atoms with Crippen LogP contribution in [0.2, 0.25) is 0 Å². The molecule has 4 N–H and O–H groups in total. The molecule has 1 atom stereocenters. The lowest BCUT2D eigenvalue weighted by molar-refractivity contribution is 0.339. The summed E-state index contributed by atoms with van der Waals surface area (Å²) in [5, 5.41) is 0. The van der Waals surface area contributed by atoms with Crippen molar-refractivity contribution in [1.82, 2.24) is 0 Å². The van der Waals surface area contributed by atoms with Crippen LogP contribution in [0, 0.1) is 5.92 Å². The SMILES string of the molecule is CC(Cc1ccccc1)CC(C)(C)c1cc(C(C)(C)CC(C)(C)N)cc(C(C)(C)CC(C)(C)N)c1. The van der Waals surface area contributed by atoms with Gasteiger partial charge in [-0.1, -0.05) is 97.0 Å². The standard InChI is InChI=1S/C33H54N2/c1-24(17-25-15-13-12-14-16-25)21-29(2,3)26-18-27(30(4,5)22-32(8,9)34)20-28(19-26)31(6,7)23-33(10,11)35/h12-16,18-20,24H,17,21-23,34-35H2,1-11H3. The molecule has 2 aromatic carbocycles. The van der Waals surface area contributed by atoms with E-state index in [0.29, 0.717) is 5.92 Å². The van der Waals surface area contributed by atoms with Crippen LogP contribution in [-0.4, -0.2) is 11.1 Å². The minimum Gasteiger partial charge on any atom is -0.326 e. The van der Waals surface area contributed by atoms with Crippen LogP contribution >= 0.6 is 0 Å². The summed E-state index contributed by atoms with van der Waals surface area (Å²) in [7, 11) is 0. The van der Waals surface area contributed by atoms with Crippen LogP contribution in [0.3, 0.4) is 0 Å². The molecule has 0 bridgehead atoms. The molecule has 35 heavy (non-hydrogen) atoms. The minimum absolute atomic E-state index is 0.0247. The van der Waals surface area contributed by atoms with Gasteiger partial charge in [0.05, 0.1) is 0 Å². The van der Waals surface area contributed by atoms with E-state index in [2.05, 4.69) is 125 Å². The van der Waals surface area contributed by atoms with Gasteiger partial charge < -0.3 is 11.5 Å². The first-order valence-electron chi connectivity index (χ1n) is 13.5. The lowest BCUT2D eigenvalue weighted by atomic mass is 9.68. The monoisotopic (exact) mass is 478 g/mol. The van der Waals surface area contributed by atoms with Gasteiger partial charge >= 0.3 is 0 Å². The number of hydrogen-bond donors (Lipinski definition) is 2. The average molecular weight is 479 g/mol. The molecule has 2 rings (SSSR count). The predicted octanol–water partition coefficient (Wildman–Crippen LogP) is 8.04. The zero-order valence-corrected chi connectivity index (χ0v) is 24.7. The van der Waals surface area contributed by atoms with Gasteiger partial charge in [-0.3, -0.25) is 0 Å². The fraction of sp³-hybridized carbons (Fsp3) is 0.636. The van der Waals surface area contributed by atoms with Crippen LogP contribution in [0.25, 0.3) is 0 Å². The van der Waals surface area contributed by atoms with Gasteiger partial charge in [-0.15, -0.1) is 0 Å². The average Bonchev–Trinajstić information content (AvgIpc) is 2.64. The van der Waals surface area contributed by atoms with Crippen molar-refractivity contribution in [2.75, 3.05) is 0 Å². The summed E-state index contributed by atoms with van der Waals surface area (Å²) in [5.74, 6) is 0.589. The Balaban J connectivity index is 2.51. The maximum atomic E-state index is 6.51. The first-order chi connectivity index (χ1) is 15.7. The second-order valence-corrected chi connectivity index (χ2v) is 14.8. The molecule has 2 nitrogen and oxygen atoms in total. The lowest BCUT2D eigenvalue weighted by Gasteiger charge is -2.38. The van der Waals surface area contributed by atoms with Gasteiger partial charge in [0.15, 0.2) is 0 Å². The van der Waals surface area contributed by atoms with Crippen LogP contribution < -0.4 is 11.5 Å². The molecule has 0 amide bonds. The van der Waals surface area contributed by atoms with Crippen LogP contribution in [0.4, 0.5) is 0 Å². The van der Waals surface area contributed by atoms with Gasteiger partial charge in [-0.25, -0.2) is 0 Å². The van der Waals surface area contributed by atoms with E-state index in [1.165, 1.54) is 22.3 Å². The Kier molecular flexibility index (Phi) is 8.78. The molecule has 0 saturated heterocycles. The van der Waals surface area contributed by atoms with Crippen molar-refractivity contribution in [2.24, 2.45) is 17.4 Å². The van der Waals surface area contributed by atoms with Crippen molar-refractivity contribution < 1.29 is 0 Å². The van der Waals surface area contributed by atoms with Gasteiger partial charge in [0.2, 0.25) is 0 Å². The molecule has 0 spiro atoms. The highest BCUT2D eigenvalue weighted by Crippen LogP contribution is 2.41. The molecule has 0 aliphatic carbocycles. The normalized spacial score (nSPS) is 14.8. The van der Waals surface area contributed by atoms with Crippen molar-refractivity contribution in [3.63, 3.8) is 0 Å². The van der Waals surface area contributed by atoms with Crippen LogP contribution in [0.1, 0.15) is 118 Å². The molecule has 0 fully saturated rings. The van der Waals surface area contributed by atoms with E-state index in [0.717, 1.165) is 25.7 Å². The van der Waals surface area contributed by atoms with E-state index in [9.17, 15) is 0 Å². The van der Waals surface area contributed by atoms with E-state index < -0.39 is 0 Å². The van der Waals surface area contributed by atoms with Crippen molar-refractivity contribution in [3.05, 3.63) is 70.8 Å². The molecule has 2 heteroatoms. The summed E-state index contributed by atoms with van der Waals surface area (Å²) in [6.07, 6.45) is 4.10. The molecular weight excluding hydrogens is 424 g/mol. The van der Waals surface area contributed by atoms with Crippen molar-refractivity contribution in [1.29, 1.82) is 0 Å². The molecule has 2 aromatic rings. The number of rotatable bonds is 11. The first kappa shape index (κ1) is 29.6. The Labute approximate surface area is 217 Å². The van der Waals surface area contributed by atoms with Gasteiger partial charge in [0, 0.05) is 11.1 Å². The van der Waals surface area contributed by atoms with Gasteiger partial charge in [0.1, 0.15) is 0 Å². The highest BCUT2D eigenvalue weighted by molar-refractivity contribution is 5.41.